The fraction of sp³-hybridized carbons (Fsp3) is 0.615. The Balaban J connectivity index is 1.88. The number of pyridine rings is 1. The second kappa shape index (κ2) is 5.87. The van der Waals surface area contributed by atoms with Gasteiger partial charge in [0.15, 0.2) is 0 Å². The van der Waals surface area contributed by atoms with Crippen LogP contribution < -0.4 is 10.6 Å². The molecule has 0 bridgehead atoms. The highest BCUT2D eigenvalue weighted by Gasteiger charge is 2.22. The first-order valence-corrected chi connectivity index (χ1v) is 6.46. The lowest BCUT2D eigenvalue weighted by molar-refractivity contribution is 0.277. The third-order valence-electron chi connectivity index (χ3n) is 3.43. The van der Waals surface area contributed by atoms with Crippen LogP contribution in [0.4, 0.5) is 11.6 Å². The number of likely N-dealkylation sites (tertiary alicyclic amines) is 1. The summed E-state index contributed by atoms with van der Waals surface area (Å²) >= 11 is 0. The lowest BCUT2D eigenvalue weighted by Crippen LogP contribution is -2.34. The van der Waals surface area contributed by atoms with Gasteiger partial charge in [0.1, 0.15) is 11.6 Å². The molecule has 2 heterocycles. The Morgan fingerprint density at radius 3 is 3.00 bits per heavy atom. The van der Waals surface area contributed by atoms with Gasteiger partial charge in [-0.25, -0.2) is 4.98 Å². The van der Waals surface area contributed by atoms with Crippen molar-refractivity contribution in [1.29, 1.82) is 0 Å². The van der Waals surface area contributed by atoms with Crippen molar-refractivity contribution in [3.63, 3.8) is 0 Å². The summed E-state index contributed by atoms with van der Waals surface area (Å²) in [6.45, 7) is 5.62. The van der Waals surface area contributed by atoms with Crippen LogP contribution in [0, 0.1) is 0 Å². The maximum Gasteiger partial charge on any atom is 0.128 e. The van der Waals surface area contributed by atoms with Gasteiger partial charge in [0.25, 0.3) is 0 Å². The van der Waals surface area contributed by atoms with Gasteiger partial charge in [-0.05, 0) is 38.1 Å². The summed E-state index contributed by atoms with van der Waals surface area (Å²) in [6.07, 6.45) is 2.62. The predicted octanol–water partition coefficient (Wildman–Crippen LogP) is 2.02. The van der Waals surface area contributed by atoms with E-state index in [0.717, 1.165) is 24.7 Å². The standard InChI is InChI=1S/C13H22N4/c1-3-17-9-5-6-11(17)10-15-13-8-4-7-12(14-2)16-13/h4,7-8,11H,3,5-6,9-10H2,1-2H3,(H2,14,15,16). The topological polar surface area (TPSA) is 40.2 Å². The van der Waals surface area contributed by atoms with Gasteiger partial charge in [0.2, 0.25) is 0 Å². The Morgan fingerprint density at radius 2 is 2.24 bits per heavy atom. The van der Waals surface area contributed by atoms with Crippen LogP contribution in [0.3, 0.4) is 0 Å². The fourth-order valence-corrected chi connectivity index (χ4v) is 2.44. The highest BCUT2D eigenvalue weighted by atomic mass is 15.2. The molecule has 0 amide bonds. The molecule has 0 aromatic carbocycles. The van der Waals surface area contributed by atoms with Crippen LogP contribution in [0.25, 0.3) is 0 Å². The maximum atomic E-state index is 4.46. The van der Waals surface area contributed by atoms with Crippen LogP contribution in [-0.2, 0) is 0 Å². The third-order valence-corrected chi connectivity index (χ3v) is 3.43. The number of likely N-dealkylation sites (N-methyl/N-ethyl adjacent to an activating group) is 1. The van der Waals surface area contributed by atoms with Gasteiger partial charge in [-0.1, -0.05) is 13.0 Å². The number of aromatic nitrogens is 1. The van der Waals surface area contributed by atoms with E-state index in [1.807, 2.05) is 25.2 Å². The fourth-order valence-electron chi connectivity index (χ4n) is 2.44. The van der Waals surface area contributed by atoms with Crippen LogP contribution in [-0.4, -0.2) is 42.6 Å². The Bertz CT molecular complexity index is 353. The SMILES string of the molecule is CCN1CCCC1CNc1cccc(NC)n1. The molecule has 1 aliphatic heterocycles. The molecule has 17 heavy (non-hydrogen) atoms. The molecule has 1 aliphatic rings. The minimum Gasteiger partial charge on any atom is -0.373 e. The van der Waals surface area contributed by atoms with Crippen LogP contribution in [0.15, 0.2) is 18.2 Å². The van der Waals surface area contributed by atoms with E-state index in [0.29, 0.717) is 6.04 Å². The van der Waals surface area contributed by atoms with Gasteiger partial charge < -0.3 is 10.6 Å². The van der Waals surface area contributed by atoms with Gasteiger partial charge in [-0.2, -0.15) is 0 Å². The van der Waals surface area contributed by atoms with E-state index in [9.17, 15) is 0 Å². The quantitative estimate of drug-likeness (QED) is 0.817. The van der Waals surface area contributed by atoms with Crippen molar-refractivity contribution in [3.05, 3.63) is 18.2 Å². The second-order valence-corrected chi connectivity index (χ2v) is 4.46. The predicted molar refractivity (Wildman–Crippen MR) is 72.5 cm³/mol. The molecule has 0 spiro atoms. The van der Waals surface area contributed by atoms with E-state index in [2.05, 4.69) is 27.4 Å². The summed E-state index contributed by atoms with van der Waals surface area (Å²) in [5, 5.41) is 6.49. The molecule has 1 aromatic heterocycles. The molecule has 1 saturated heterocycles. The van der Waals surface area contributed by atoms with Crippen LogP contribution >= 0.6 is 0 Å². The molecular formula is C13H22N4. The lowest BCUT2D eigenvalue weighted by Gasteiger charge is -2.23. The van der Waals surface area contributed by atoms with Crippen molar-refractivity contribution in [2.75, 3.05) is 37.3 Å². The Hall–Kier alpha value is -1.29. The van der Waals surface area contributed by atoms with E-state index in [1.165, 1.54) is 19.4 Å². The molecule has 1 unspecified atom stereocenters. The first kappa shape index (κ1) is 12.2. The normalized spacial score (nSPS) is 20.5. The highest BCUT2D eigenvalue weighted by molar-refractivity contribution is 5.44. The molecule has 1 fully saturated rings. The first-order valence-electron chi connectivity index (χ1n) is 6.46. The monoisotopic (exact) mass is 234 g/mol. The molecule has 94 valence electrons. The van der Waals surface area contributed by atoms with Crippen molar-refractivity contribution >= 4 is 11.6 Å². The van der Waals surface area contributed by atoms with Gasteiger partial charge in [0.05, 0.1) is 0 Å². The van der Waals surface area contributed by atoms with Gasteiger partial charge >= 0.3 is 0 Å². The number of anilines is 2. The van der Waals surface area contributed by atoms with Gasteiger partial charge in [-0.15, -0.1) is 0 Å². The summed E-state index contributed by atoms with van der Waals surface area (Å²) in [4.78, 5) is 7.00. The zero-order chi connectivity index (χ0) is 12.1. The summed E-state index contributed by atoms with van der Waals surface area (Å²) in [5.41, 5.74) is 0. The molecule has 2 N–H and O–H groups in total. The minimum absolute atomic E-state index is 0.667. The van der Waals surface area contributed by atoms with E-state index in [1.54, 1.807) is 0 Å². The summed E-state index contributed by atoms with van der Waals surface area (Å²) in [5.74, 6) is 1.87. The number of hydrogen-bond donors (Lipinski definition) is 2. The average molecular weight is 234 g/mol. The van der Waals surface area contributed by atoms with E-state index < -0.39 is 0 Å². The van der Waals surface area contributed by atoms with Gasteiger partial charge in [-0.3, -0.25) is 4.90 Å². The Morgan fingerprint density at radius 1 is 1.41 bits per heavy atom. The molecule has 2 rings (SSSR count). The van der Waals surface area contributed by atoms with Gasteiger partial charge in [0, 0.05) is 19.6 Å². The largest absolute Gasteiger partial charge is 0.373 e. The maximum absolute atomic E-state index is 4.46. The lowest BCUT2D eigenvalue weighted by atomic mass is 10.2. The third kappa shape index (κ3) is 3.09. The number of hydrogen-bond acceptors (Lipinski definition) is 4. The van der Waals surface area contributed by atoms with E-state index in [4.69, 9.17) is 0 Å². The van der Waals surface area contributed by atoms with E-state index in [-0.39, 0.29) is 0 Å². The Kier molecular flexibility index (Phi) is 4.20. The number of nitrogens with zero attached hydrogens (tertiary/aromatic N) is 2. The summed E-state index contributed by atoms with van der Waals surface area (Å²) in [7, 11) is 1.89. The molecule has 0 aliphatic carbocycles. The van der Waals surface area contributed by atoms with Crippen molar-refractivity contribution in [2.24, 2.45) is 0 Å². The van der Waals surface area contributed by atoms with Crippen molar-refractivity contribution < 1.29 is 0 Å². The first-order chi connectivity index (χ1) is 8.33. The van der Waals surface area contributed by atoms with Crippen molar-refractivity contribution in [2.45, 2.75) is 25.8 Å². The van der Waals surface area contributed by atoms with Crippen LogP contribution in [0.5, 0.6) is 0 Å². The second-order valence-electron chi connectivity index (χ2n) is 4.46. The number of rotatable bonds is 5. The Labute approximate surface area is 103 Å². The molecule has 0 saturated carbocycles. The zero-order valence-electron chi connectivity index (χ0n) is 10.7. The smallest absolute Gasteiger partial charge is 0.128 e. The minimum atomic E-state index is 0.667. The van der Waals surface area contributed by atoms with Crippen LogP contribution in [0.1, 0.15) is 19.8 Å². The average Bonchev–Trinajstić information content (AvgIpc) is 2.84. The highest BCUT2D eigenvalue weighted by Crippen LogP contribution is 2.17. The van der Waals surface area contributed by atoms with Crippen molar-refractivity contribution in [3.8, 4) is 0 Å². The van der Waals surface area contributed by atoms with Crippen LogP contribution in [0.2, 0.25) is 0 Å². The molecule has 1 atom stereocenters. The number of nitrogens with one attached hydrogen (secondary N) is 2. The van der Waals surface area contributed by atoms with E-state index >= 15 is 0 Å². The van der Waals surface area contributed by atoms with Crippen molar-refractivity contribution in [1.82, 2.24) is 9.88 Å². The molecule has 1 aromatic rings. The molecule has 4 nitrogen and oxygen atoms in total. The molecule has 0 radical (unpaired) electrons. The zero-order valence-corrected chi connectivity index (χ0v) is 10.7. The molecular weight excluding hydrogens is 212 g/mol. The molecule has 4 heteroatoms. The summed E-state index contributed by atoms with van der Waals surface area (Å²) in [6, 6.07) is 6.68. The summed E-state index contributed by atoms with van der Waals surface area (Å²) < 4.78 is 0.